The highest BCUT2D eigenvalue weighted by Crippen LogP contribution is 2.36. The Labute approximate surface area is 122 Å². The molecule has 2 N–H and O–H groups in total. The molecule has 0 amide bonds. The van der Waals surface area contributed by atoms with Crippen LogP contribution in [-0.4, -0.2) is 19.2 Å². The molecule has 1 unspecified atom stereocenters. The zero-order valence-corrected chi connectivity index (χ0v) is 12.1. The van der Waals surface area contributed by atoms with Gasteiger partial charge in [-0.3, -0.25) is 0 Å². The minimum Gasteiger partial charge on any atom is -0.432 e. The lowest BCUT2D eigenvalue weighted by Gasteiger charge is -2.38. The summed E-state index contributed by atoms with van der Waals surface area (Å²) < 4.78 is 42.6. The predicted octanol–water partition coefficient (Wildman–Crippen LogP) is 4.17. The van der Waals surface area contributed by atoms with Crippen LogP contribution in [-0.2, 0) is 0 Å². The Balaban J connectivity index is 2.32. The monoisotopic (exact) mass is 302 g/mol. The van der Waals surface area contributed by atoms with Gasteiger partial charge < -0.3 is 15.4 Å². The van der Waals surface area contributed by atoms with Gasteiger partial charge in [0.1, 0.15) is 0 Å². The number of halogens is 3. The van der Waals surface area contributed by atoms with Crippen molar-refractivity contribution in [2.75, 3.05) is 17.2 Å². The average Bonchev–Trinajstić information content (AvgIpc) is 2.43. The fourth-order valence-electron chi connectivity index (χ4n) is 2.94. The molecule has 0 saturated carbocycles. The van der Waals surface area contributed by atoms with Crippen LogP contribution in [0.5, 0.6) is 5.75 Å². The Morgan fingerprint density at radius 3 is 2.81 bits per heavy atom. The second-order valence-electron chi connectivity index (χ2n) is 5.35. The molecular weight excluding hydrogens is 281 g/mol. The molecule has 1 aromatic rings. The number of anilines is 2. The van der Waals surface area contributed by atoms with Crippen molar-refractivity contribution in [3.8, 4) is 5.75 Å². The molecule has 1 heterocycles. The Kier molecular flexibility index (Phi) is 5.20. The summed E-state index contributed by atoms with van der Waals surface area (Å²) in [6.45, 7) is -0.149. The fourth-order valence-corrected chi connectivity index (χ4v) is 2.94. The van der Waals surface area contributed by atoms with Crippen LogP contribution < -0.4 is 15.4 Å². The van der Waals surface area contributed by atoms with E-state index in [-0.39, 0.29) is 5.69 Å². The van der Waals surface area contributed by atoms with Crippen LogP contribution in [0, 0.1) is 5.82 Å². The minimum atomic E-state index is -3.05. The van der Waals surface area contributed by atoms with Crippen molar-refractivity contribution >= 4 is 11.4 Å². The first kappa shape index (κ1) is 15.8. The van der Waals surface area contributed by atoms with Gasteiger partial charge in [-0.15, -0.1) is 0 Å². The molecule has 1 aliphatic heterocycles. The average molecular weight is 302 g/mol. The molecule has 0 radical (unpaired) electrons. The minimum absolute atomic E-state index is 0.261. The number of hydrogen-bond donors (Lipinski definition) is 1. The summed E-state index contributed by atoms with van der Waals surface area (Å²) in [5.74, 6) is -1.31. The second kappa shape index (κ2) is 6.91. The standard InChI is InChI=1S/C15H21F3N2O/c1-2-5-10-6-3-4-7-20(10)13-9-14(21-15(17)18)11(16)8-12(13)19/h8-10,15H,2-7,19H2,1H3. The van der Waals surface area contributed by atoms with E-state index in [0.29, 0.717) is 11.7 Å². The largest absolute Gasteiger partial charge is 0.432 e. The van der Waals surface area contributed by atoms with Crippen molar-refractivity contribution in [1.82, 2.24) is 0 Å². The summed E-state index contributed by atoms with van der Waals surface area (Å²) >= 11 is 0. The molecule has 21 heavy (non-hydrogen) atoms. The number of ether oxygens (including phenoxy) is 1. The summed E-state index contributed by atoms with van der Waals surface area (Å²) in [4.78, 5) is 2.10. The number of rotatable bonds is 5. The molecule has 1 fully saturated rings. The SMILES string of the molecule is CCCC1CCCCN1c1cc(OC(F)F)c(F)cc1N. The molecule has 6 heteroatoms. The molecule has 118 valence electrons. The molecule has 1 aromatic carbocycles. The Bertz CT molecular complexity index is 480. The third-order valence-electron chi connectivity index (χ3n) is 3.86. The van der Waals surface area contributed by atoms with Crippen molar-refractivity contribution in [2.24, 2.45) is 0 Å². The van der Waals surface area contributed by atoms with Crippen molar-refractivity contribution in [1.29, 1.82) is 0 Å². The van der Waals surface area contributed by atoms with Gasteiger partial charge in [0.05, 0.1) is 11.4 Å². The summed E-state index contributed by atoms with van der Waals surface area (Å²) in [5, 5.41) is 0. The molecule has 2 rings (SSSR count). The third kappa shape index (κ3) is 3.74. The first-order chi connectivity index (χ1) is 10.0. The highest BCUT2D eigenvalue weighted by Gasteiger charge is 2.25. The lowest BCUT2D eigenvalue weighted by molar-refractivity contribution is -0.0521. The van der Waals surface area contributed by atoms with Crippen LogP contribution in [0.4, 0.5) is 24.5 Å². The van der Waals surface area contributed by atoms with Crippen LogP contribution in [0.3, 0.4) is 0 Å². The number of hydrogen-bond acceptors (Lipinski definition) is 3. The van der Waals surface area contributed by atoms with Gasteiger partial charge in [0, 0.05) is 24.7 Å². The quantitative estimate of drug-likeness (QED) is 0.830. The van der Waals surface area contributed by atoms with Crippen LogP contribution in [0.25, 0.3) is 0 Å². The topological polar surface area (TPSA) is 38.5 Å². The molecule has 0 spiro atoms. The number of nitrogen functional groups attached to an aromatic ring is 1. The van der Waals surface area contributed by atoms with E-state index in [4.69, 9.17) is 5.73 Å². The maximum absolute atomic E-state index is 13.6. The van der Waals surface area contributed by atoms with Crippen LogP contribution in [0.1, 0.15) is 39.0 Å². The molecule has 3 nitrogen and oxygen atoms in total. The van der Waals surface area contributed by atoms with Crippen LogP contribution >= 0.6 is 0 Å². The first-order valence-corrected chi connectivity index (χ1v) is 7.33. The van der Waals surface area contributed by atoms with E-state index in [1.807, 2.05) is 0 Å². The van der Waals surface area contributed by atoms with E-state index in [9.17, 15) is 13.2 Å². The van der Waals surface area contributed by atoms with Gasteiger partial charge >= 0.3 is 6.61 Å². The molecule has 0 aliphatic carbocycles. The number of nitrogens with zero attached hydrogens (tertiary/aromatic N) is 1. The summed E-state index contributed by atoms with van der Waals surface area (Å²) in [5.41, 5.74) is 6.73. The maximum atomic E-state index is 13.6. The molecular formula is C15H21F3N2O. The highest BCUT2D eigenvalue weighted by atomic mass is 19.3. The Morgan fingerprint density at radius 1 is 1.38 bits per heavy atom. The number of piperidine rings is 1. The van der Waals surface area contributed by atoms with E-state index in [1.54, 1.807) is 0 Å². The number of benzene rings is 1. The number of alkyl halides is 2. The summed E-state index contributed by atoms with van der Waals surface area (Å²) in [6.07, 6.45) is 5.23. The van der Waals surface area contributed by atoms with Crippen LogP contribution in [0.15, 0.2) is 12.1 Å². The second-order valence-corrected chi connectivity index (χ2v) is 5.35. The zero-order valence-electron chi connectivity index (χ0n) is 12.1. The van der Waals surface area contributed by atoms with Crippen molar-refractivity contribution < 1.29 is 17.9 Å². The normalized spacial score (nSPS) is 19.1. The van der Waals surface area contributed by atoms with Gasteiger partial charge in [-0.1, -0.05) is 13.3 Å². The van der Waals surface area contributed by atoms with Crippen molar-refractivity contribution in [3.05, 3.63) is 17.9 Å². The van der Waals surface area contributed by atoms with Crippen LogP contribution in [0.2, 0.25) is 0 Å². The van der Waals surface area contributed by atoms with E-state index in [2.05, 4.69) is 16.6 Å². The molecule has 1 atom stereocenters. The lowest BCUT2D eigenvalue weighted by atomic mass is 9.97. The van der Waals surface area contributed by atoms with E-state index >= 15 is 0 Å². The maximum Gasteiger partial charge on any atom is 0.387 e. The lowest BCUT2D eigenvalue weighted by Crippen LogP contribution is -2.40. The van der Waals surface area contributed by atoms with Gasteiger partial charge in [0.2, 0.25) is 0 Å². The molecule has 0 aromatic heterocycles. The van der Waals surface area contributed by atoms with Gasteiger partial charge in [-0.05, 0) is 25.7 Å². The molecule has 1 saturated heterocycles. The smallest absolute Gasteiger partial charge is 0.387 e. The number of nitrogens with two attached hydrogens (primary N) is 1. The zero-order chi connectivity index (χ0) is 15.4. The molecule has 0 bridgehead atoms. The van der Waals surface area contributed by atoms with Crippen molar-refractivity contribution in [3.63, 3.8) is 0 Å². The first-order valence-electron chi connectivity index (χ1n) is 7.33. The Morgan fingerprint density at radius 2 is 2.14 bits per heavy atom. The van der Waals surface area contributed by atoms with Gasteiger partial charge in [-0.2, -0.15) is 8.78 Å². The van der Waals surface area contributed by atoms with E-state index in [0.717, 1.165) is 44.7 Å². The van der Waals surface area contributed by atoms with E-state index < -0.39 is 18.2 Å². The highest BCUT2D eigenvalue weighted by molar-refractivity contribution is 5.70. The summed E-state index contributed by atoms with van der Waals surface area (Å²) in [7, 11) is 0. The van der Waals surface area contributed by atoms with E-state index in [1.165, 1.54) is 6.07 Å². The fraction of sp³-hybridized carbons (Fsp3) is 0.600. The third-order valence-corrected chi connectivity index (χ3v) is 3.86. The van der Waals surface area contributed by atoms with Gasteiger partial charge in [0.25, 0.3) is 0 Å². The summed E-state index contributed by atoms with van der Waals surface area (Å²) in [6, 6.07) is 2.67. The Hall–Kier alpha value is -1.59. The van der Waals surface area contributed by atoms with Gasteiger partial charge in [-0.25, -0.2) is 4.39 Å². The van der Waals surface area contributed by atoms with Gasteiger partial charge in [0.15, 0.2) is 11.6 Å². The van der Waals surface area contributed by atoms with Crippen molar-refractivity contribution in [2.45, 2.75) is 51.7 Å². The predicted molar refractivity (Wildman–Crippen MR) is 77.3 cm³/mol. The molecule has 1 aliphatic rings.